The minimum Gasteiger partial charge on any atom is -0.469 e. The zero-order chi connectivity index (χ0) is 14.8. The monoisotopic (exact) mass is 272 g/mol. The molecular formula is C13H25BO5. The van der Waals surface area contributed by atoms with E-state index >= 15 is 0 Å². The minimum atomic E-state index is -0.299. The first-order valence-electron chi connectivity index (χ1n) is 6.81. The van der Waals surface area contributed by atoms with Crippen LogP contribution in [0, 0.1) is 11.8 Å². The number of carbonyl (C=O) groups excluding carboxylic acids is 2. The number of hydrogen-bond acceptors (Lipinski definition) is 5. The lowest BCUT2D eigenvalue weighted by molar-refractivity contribution is -0.149. The normalized spacial score (nSPS) is 15.4. The van der Waals surface area contributed by atoms with Gasteiger partial charge < -0.3 is 14.6 Å². The average molecular weight is 272 g/mol. The number of methoxy groups -OCH3 is 1. The molecule has 110 valence electrons. The Labute approximate surface area is 116 Å². The van der Waals surface area contributed by atoms with Crippen LogP contribution < -0.4 is 0 Å². The Balaban J connectivity index is 4.17. The predicted molar refractivity (Wildman–Crippen MR) is 74.5 cm³/mol. The SMILES string of the molecule is BC(CC(C)C(=O)OCCO)CC(CC)C(=O)OC. The van der Waals surface area contributed by atoms with Crippen molar-refractivity contribution in [3.8, 4) is 0 Å². The highest BCUT2D eigenvalue weighted by atomic mass is 16.5. The maximum atomic E-state index is 11.6. The van der Waals surface area contributed by atoms with E-state index in [1.807, 2.05) is 14.8 Å². The fraction of sp³-hybridized carbons (Fsp3) is 0.846. The molecule has 0 aromatic carbocycles. The third-order valence-electron chi connectivity index (χ3n) is 3.21. The summed E-state index contributed by atoms with van der Waals surface area (Å²) >= 11 is 0. The second-order valence-corrected chi connectivity index (χ2v) is 5.00. The van der Waals surface area contributed by atoms with Crippen LogP contribution in [0.4, 0.5) is 0 Å². The first-order valence-corrected chi connectivity index (χ1v) is 6.81. The van der Waals surface area contributed by atoms with Crippen LogP contribution in [0.5, 0.6) is 0 Å². The molecule has 0 heterocycles. The maximum absolute atomic E-state index is 11.6. The largest absolute Gasteiger partial charge is 0.469 e. The first kappa shape index (κ1) is 18.0. The van der Waals surface area contributed by atoms with Crippen LogP contribution in [0.2, 0.25) is 5.82 Å². The van der Waals surface area contributed by atoms with Crippen molar-refractivity contribution in [1.82, 2.24) is 0 Å². The van der Waals surface area contributed by atoms with Gasteiger partial charge in [-0.1, -0.05) is 19.7 Å². The van der Waals surface area contributed by atoms with Crippen molar-refractivity contribution in [1.29, 1.82) is 0 Å². The highest BCUT2D eigenvalue weighted by Gasteiger charge is 2.23. The molecule has 0 aromatic rings. The van der Waals surface area contributed by atoms with E-state index in [1.165, 1.54) is 7.11 Å². The Morgan fingerprint density at radius 1 is 1.26 bits per heavy atom. The summed E-state index contributed by atoms with van der Waals surface area (Å²) in [6.45, 7) is 3.63. The van der Waals surface area contributed by atoms with Crippen molar-refractivity contribution >= 4 is 19.8 Å². The standard InChI is InChI=1S/C13H25BO5/c1-4-10(13(17)18-3)8-11(14)7-9(2)12(16)19-6-5-15/h9-11,15H,4-8,14H2,1-3H3. The second kappa shape index (κ2) is 9.84. The number of hydrogen-bond donors (Lipinski definition) is 1. The van der Waals surface area contributed by atoms with Gasteiger partial charge in [-0.05, 0) is 19.3 Å². The maximum Gasteiger partial charge on any atom is 0.308 e. The van der Waals surface area contributed by atoms with Gasteiger partial charge in [-0.25, -0.2) is 0 Å². The Morgan fingerprint density at radius 3 is 2.37 bits per heavy atom. The van der Waals surface area contributed by atoms with Crippen LogP contribution in [-0.2, 0) is 19.1 Å². The lowest BCUT2D eigenvalue weighted by Crippen LogP contribution is -2.21. The summed E-state index contributed by atoms with van der Waals surface area (Å²) in [4.78, 5) is 23.1. The lowest BCUT2D eigenvalue weighted by atomic mass is 9.74. The number of carbonyl (C=O) groups is 2. The van der Waals surface area contributed by atoms with Crippen molar-refractivity contribution < 1.29 is 24.2 Å². The molecule has 0 spiro atoms. The zero-order valence-electron chi connectivity index (χ0n) is 12.3. The van der Waals surface area contributed by atoms with Gasteiger partial charge in [0.15, 0.2) is 0 Å². The molecule has 0 amide bonds. The quantitative estimate of drug-likeness (QED) is 0.490. The fourth-order valence-corrected chi connectivity index (χ4v) is 2.17. The summed E-state index contributed by atoms with van der Waals surface area (Å²) in [5.41, 5.74) is 0. The topological polar surface area (TPSA) is 72.8 Å². The molecule has 6 heteroatoms. The molecule has 0 bridgehead atoms. The molecule has 0 rings (SSSR count). The van der Waals surface area contributed by atoms with E-state index in [9.17, 15) is 9.59 Å². The summed E-state index contributed by atoms with van der Waals surface area (Å²) in [5, 5.41) is 8.59. The van der Waals surface area contributed by atoms with Crippen LogP contribution in [0.25, 0.3) is 0 Å². The third-order valence-corrected chi connectivity index (χ3v) is 3.21. The van der Waals surface area contributed by atoms with Gasteiger partial charge in [0.25, 0.3) is 0 Å². The summed E-state index contributed by atoms with van der Waals surface area (Å²) < 4.78 is 9.62. The van der Waals surface area contributed by atoms with Gasteiger partial charge in [0.05, 0.1) is 25.6 Å². The highest BCUT2D eigenvalue weighted by molar-refractivity contribution is 6.11. The molecule has 0 aliphatic rings. The molecule has 0 saturated carbocycles. The van der Waals surface area contributed by atoms with E-state index in [2.05, 4.69) is 0 Å². The molecule has 0 saturated heterocycles. The smallest absolute Gasteiger partial charge is 0.308 e. The molecule has 1 N–H and O–H groups in total. The zero-order valence-corrected chi connectivity index (χ0v) is 12.3. The Hall–Kier alpha value is -1.04. The summed E-state index contributed by atoms with van der Waals surface area (Å²) in [5.74, 6) is -0.588. The van der Waals surface area contributed by atoms with Crippen molar-refractivity contribution in [2.75, 3.05) is 20.3 Å². The van der Waals surface area contributed by atoms with E-state index in [0.29, 0.717) is 12.8 Å². The minimum absolute atomic E-state index is 0.0390. The second-order valence-electron chi connectivity index (χ2n) is 5.00. The summed E-state index contributed by atoms with van der Waals surface area (Å²) in [6.07, 6.45) is 2.11. The van der Waals surface area contributed by atoms with Gasteiger partial charge in [-0.15, -0.1) is 0 Å². The summed E-state index contributed by atoms with van der Waals surface area (Å²) in [6, 6.07) is 0. The van der Waals surface area contributed by atoms with Gasteiger partial charge >= 0.3 is 11.9 Å². The molecule has 0 aromatic heterocycles. The molecule has 0 fully saturated rings. The van der Waals surface area contributed by atoms with E-state index in [0.717, 1.165) is 6.42 Å². The Kier molecular flexibility index (Phi) is 9.30. The van der Waals surface area contributed by atoms with Crippen LogP contribution in [0.15, 0.2) is 0 Å². The van der Waals surface area contributed by atoms with Gasteiger partial charge in [-0.3, -0.25) is 9.59 Å². The molecule has 0 radical (unpaired) electrons. The molecule has 0 aliphatic heterocycles. The van der Waals surface area contributed by atoms with Crippen LogP contribution in [0.1, 0.15) is 33.1 Å². The predicted octanol–water partition coefficient (Wildman–Crippen LogP) is 0.559. The number of aliphatic hydroxyl groups excluding tert-OH is 1. The number of ether oxygens (including phenoxy) is 2. The van der Waals surface area contributed by atoms with E-state index in [1.54, 1.807) is 6.92 Å². The van der Waals surface area contributed by atoms with Crippen LogP contribution in [-0.4, -0.2) is 45.2 Å². The van der Waals surface area contributed by atoms with Gasteiger partial charge in [0.1, 0.15) is 14.5 Å². The van der Waals surface area contributed by atoms with Gasteiger partial charge in [0, 0.05) is 0 Å². The first-order chi connectivity index (χ1) is 8.96. The highest BCUT2D eigenvalue weighted by Crippen LogP contribution is 2.25. The number of esters is 2. The van der Waals surface area contributed by atoms with Crippen LogP contribution in [0.3, 0.4) is 0 Å². The van der Waals surface area contributed by atoms with Crippen molar-refractivity contribution in [2.45, 2.75) is 38.9 Å². The third kappa shape index (κ3) is 7.20. The van der Waals surface area contributed by atoms with Crippen LogP contribution >= 0.6 is 0 Å². The molecule has 0 aliphatic carbocycles. The van der Waals surface area contributed by atoms with Gasteiger partial charge in [-0.2, -0.15) is 0 Å². The number of aliphatic hydroxyl groups is 1. The molecule has 5 nitrogen and oxygen atoms in total. The van der Waals surface area contributed by atoms with E-state index in [-0.39, 0.29) is 42.8 Å². The number of rotatable bonds is 9. The Bertz CT molecular complexity index is 282. The van der Waals surface area contributed by atoms with E-state index < -0.39 is 0 Å². The Morgan fingerprint density at radius 2 is 1.89 bits per heavy atom. The lowest BCUT2D eigenvalue weighted by Gasteiger charge is -2.20. The van der Waals surface area contributed by atoms with Gasteiger partial charge in [0.2, 0.25) is 0 Å². The van der Waals surface area contributed by atoms with E-state index in [4.69, 9.17) is 14.6 Å². The van der Waals surface area contributed by atoms with Crippen molar-refractivity contribution in [3.05, 3.63) is 0 Å². The summed E-state index contributed by atoms with van der Waals surface area (Å²) in [7, 11) is 3.41. The molecular weight excluding hydrogens is 247 g/mol. The average Bonchev–Trinajstić information content (AvgIpc) is 2.40. The molecule has 3 unspecified atom stereocenters. The molecule has 3 atom stereocenters. The molecule has 19 heavy (non-hydrogen) atoms. The fourth-order valence-electron chi connectivity index (χ4n) is 2.17. The van der Waals surface area contributed by atoms with Crippen molar-refractivity contribution in [3.63, 3.8) is 0 Å². The van der Waals surface area contributed by atoms with Crippen molar-refractivity contribution in [2.24, 2.45) is 11.8 Å².